The number of rotatable bonds is 3. The van der Waals surface area contributed by atoms with E-state index in [0.29, 0.717) is 10.9 Å². The first kappa shape index (κ1) is 8.35. The van der Waals surface area contributed by atoms with Crippen molar-refractivity contribution in [2.45, 2.75) is 5.16 Å². The van der Waals surface area contributed by atoms with Crippen LogP contribution < -0.4 is 0 Å². The SMILES string of the molecule is OCCSc1ncnc(F)n1. The molecule has 0 bridgehead atoms. The van der Waals surface area contributed by atoms with Crippen molar-refractivity contribution >= 4 is 11.8 Å². The Kier molecular flexibility index (Phi) is 3.18. The first-order valence-corrected chi connectivity index (χ1v) is 3.89. The lowest BCUT2D eigenvalue weighted by Gasteiger charge is -1.94. The van der Waals surface area contributed by atoms with Gasteiger partial charge < -0.3 is 5.11 Å². The van der Waals surface area contributed by atoms with Crippen molar-refractivity contribution in [1.29, 1.82) is 0 Å². The van der Waals surface area contributed by atoms with E-state index in [4.69, 9.17) is 5.11 Å². The molecule has 1 aromatic rings. The topological polar surface area (TPSA) is 58.9 Å². The highest BCUT2D eigenvalue weighted by atomic mass is 32.2. The summed E-state index contributed by atoms with van der Waals surface area (Å²) >= 11 is 1.18. The molecule has 4 nitrogen and oxygen atoms in total. The Morgan fingerprint density at radius 2 is 2.36 bits per heavy atom. The van der Waals surface area contributed by atoms with Crippen LogP contribution in [0.1, 0.15) is 0 Å². The van der Waals surface area contributed by atoms with Crippen LogP contribution in [0.2, 0.25) is 0 Å². The molecule has 0 amide bonds. The minimum atomic E-state index is -0.791. The first-order valence-electron chi connectivity index (χ1n) is 2.91. The zero-order valence-corrected chi connectivity index (χ0v) is 6.38. The molecule has 0 radical (unpaired) electrons. The van der Waals surface area contributed by atoms with Crippen LogP contribution >= 0.6 is 11.8 Å². The van der Waals surface area contributed by atoms with E-state index in [0.717, 1.165) is 6.33 Å². The van der Waals surface area contributed by atoms with E-state index < -0.39 is 6.08 Å². The highest BCUT2D eigenvalue weighted by Crippen LogP contribution is 2.09. The van der Waals surface area contributed by atoms with Crippen LogP contribution in [0, 0.1) is 6.08 Å². The number of aliphatic hydroxyl groups excluding tert-OH is 1. The molecule has 0 aliphatic carbocycles. The second-order valence-electron chi connectivity index (χ2n) is 1.61. The maximum Gasteiger partial charge on any atom is 0.312 e. The summed E-state index contributed by atoms with van der Waals surface area (Å²) in [5.74, 6) is 0.462. The Morgan fingerprint density at radius 3 is 3.00 bits per heavy atom. The molecule has 1 N–H and O–H groups in total. The largest absolute Gasteiger partial charge is 0.396 e. The molecule has 0 aliphatic heterocycles. The smallest absolute Gasteiger partial charge is 0.312 e. The third-order valence-corrected chi connectivity index (χ3v) is 1.68. The minimum absolute atomic E-state index is 0.0258. The quantitative estimate of drug-likeness (QED) is 0.660. The summed E-state index contributed by atoms with van der Waals surface area (Å²) in [6, 6.07) is 0. The third-order valence-electron chi connectivity index (χ3n) is 0.843. The van der Waals surface area contributed by atoms with Gasteiger partial charge in [0, 0.05) is 5.75 Å². The van der Waals surface area contributed by atoms with E-state index in [1.54, 1.807) is 0 Å². The Labute approximate surface area is 66.9 Å². The summed E-state index contributed by atoms with van der Waals surface area (Å²) in [7, 11) is 0. The molecule has 1 heterocycles. The summed E-state index contributed by atoms with van der Waals surface area (Å²) in [6.07, 6.45) is 0.308. The normalized spacial score (nSPS) is 10.0. The van der Waals surface area contributed by atoms with Gasteiger partial charge in [-0.15, -0.1) is 0 Å². The number of hydrogen-bond donors (Lipinski definition) is 1. The fourth-order valence-electron chi connectivity index (χ4n) is 0.469. The van der Waals surface area contributed by atoms with Crippen molar-refractivity contribution in [2.75, 3.05) is 12.4 Å². The van der Waals surface area contributed by atoms with E-state index >= 15 is 0 Å². The van der Waals surface area contributed by atoms with Gasteiger partial charge in [-0.05, 0) is 0 Å². The lowest BCUT2D eigenvalue weighted by Crippen LogP contribution is -1.95. The van der Waals surface area contributed by atoms with E-state index in [2.05, 4.69) is 15.0 Å². The van der Waals surface area contributed by atoms with Gasteiger partial charge in [-0.2, -0.15) is 14.4 Å². The average Bonchev–Trinajstić information content (AvgIpc) is 2.01. The zero-order chi connectivity index (χ0) is 8.10. The van der Waals surface area contributed by atoms with Crippen molar-refractivity contribution in [1.82, 2.24) is 15.0 Å². The van der Waals surface area contributed by atoms with Gasteiger partial charge in [-0.1, -0.05) is 11.8 Å². The zero-order valence-electron chi connectivity index (χ0n) is 5.57. The molecule has 0 fully saturated rings. The standard InChI is InChI=1S/C5H6FN3OS/c6-4-7-3-8-5(9-4)11-2-1-10/h3,10H,1-2H2. The molecular formula is C5H6FN3OS. The number of aromatic nitrogens is 3. The predicted octanol–water partition coefficient (Wildman–Crippen LogP) is 0.0951. The molecule has 11 heavy (non-hydrogen) atoms. The molecule has 0 atom stereocenters. The second kappa shape index (κ2) is 4.20. The maximum absolute atomic E-state index is 12.3. The van der Waals surface area contributed by atoms with Crippen LogP contribution in [0.3, 0.4) is 0 Å². The van der Waals surface area contributed by atoms with Crippen molar-refractivity contribution in [3.05, 3.63) is 12.4 Å². The first-order chi connectivity index (χ1) is 5.33. The molecular weight excluding hydrogens is 169 g/mol. The van der Waals surface area contributed by atoms with Crippen molar-refractivity contribution < 1.29 is 9.50 Å². The van der Waals surface area contributed by atoms with E-state index in [1.807, 2.05) is 0 Å². The highest BCUT2D eigenvalue weighted by molar-refractivity contribution is 7.99. The van der Waals surface area contributed by atoms with Crippen LogP contribution in [-0.2, 0) is 0 Å². The molecule has 0 spiro atoms. The molecule has 60 valence electrons. The number of hydrogen-bond acceptors (Lipinski definition) is 5. The van der Waals surface area contributed by atoms with Gasteiger partial charge in [0.2, 0.25) is 0 Å². The van der Waals surface area contributed by atoms with Crippen LogP contribution in [-0.4, -0.2) is 32.4 Å². The lowest BCUT2D eigenvalue weighted by atomic mass is 10.9. The number of aliphatic hydroxyl groups is 1. The average molecular weight is 175 g/mol. The van der Waals surface area contributed by atoms with Crippen molar-refractivity contribution in [2.24, 2.45) is 0 Å². The van der Waals surface area contributed by atoms with Gasteiger partial charge >= 0.3 is 6.08 Å². The van der Waals surface area contributed by atoms with Crippen LogP contribution in [0.15, 0.2) is 11.5 Å². The molecule has 0 unspecified atom stereocenters. The second-order valence-corrected chi connectivity index (χ2v) is 2.67. The Morgan fingerprint density at radius 1 is 1.55 bits per heavy atom. The summed E-state index contributed by atoms with van der Waals surface area (Å²) in [5, 5.41) is 8.71. The molecule has 0 saturated carbocycles. The van der Waals surface area contributed by atoms with Gasteiger partial charge in [0.25, 0.3) is 0 Å². The Hall–Kier alpha value is -0.750. The Balaban J connectivity index is 2.56. The monoisotopic (exact) mass is 175 g/mol. The summed E-state index contributed by atoms with van der Waals surface area (Å²) < 4.78 is 12.3. The van der Waals surface area contributed by atoms with E-state index in [1.165, 1.54) is 11.8 Å². The van der Waals surface area contributed by atoms with Crippen LogP contribution in [0.25, 0.3) is 0 Å². The third kappa shape index (κ3) is 2.77. The fraction of sp³-hybridized carbons (Fsp3) is 0.400. The maximum atomic E-state index is 12.3. The number of halogens is 1. The van der Waals surface area contributed by atoms with E-state index in [-0.39, 0.29) is 6.61 Å². The fourth-order valence-corrected chi connectivity index (χ4v) is 1.00. The van der Waals surface area contributed by atoms with Crippen LogP contribution in [0.4, 0.5) is 4.39 Å². The molecule has 0 aromatic carbocycles. The van der Waals surface area contributed by atoms with Gasteiger partial charge in [-0.3, -0.25) is 0 Å². The molecule has 6 heteroatoms. The van der Waals surface area contributed by atoms with Gasteiger partial charge in [0.1, 0.15) is 6.33 Å². The predicted molar refractivity (Wildman–Crippen MR) is 37.6 cm³/mol. The molecule has 1 aromatic heterocycles. The highest BCUT2D eigenvalue weighted by Gasteiger charge is 1.98. The van der Waals surface area contributed by atoms with Gasteiger partial charge in [0.15, 0.2) is 5.16 Å². The van der Waals surface area contributed by atoms with Gasteiger partial charge in [-0.25, -0.2) is 4.98 Å². The summed E-state index contributed by atoms with van der Waals surface area (Å²) in [6.45, 7) is 0.0258. The van der Waals surface area contributed by atoms with Gasteiger partial charge in [0.05, 0.1) is 6.61 Å². The number of nitrogens with zero attached hydrogens (tertiary/aromatic N) is 3. The molecule has 0 saturated heterocycles. The lowest BCUT2D eigenvalue weighted by molar-refractivity contribution is 0.322. The molecule has 1 rings (SSSR count). The van der Waals surface area contributed by atoms with Crippen LogP contribution in [0.5, 0.6) is 0 Å². The van der Waals surface area contributed by atoms with Crippen molar-refractivity contribution in [3.8, 4) is 0 Å². The minimum Gasteiger partial charge on any atom is -0.396 e. The number of thioether (sulfide) groups is 1. The molecule has 0 aliphatic rings. The van der Waals surface area contributed by atoms with E-state index in [9.17, 15) is 4.39 Å². The summed E-state index contributed by atoms with van der Waals surface area (Å²) in [4.78, 5) is 10.2. The van der Waals surface area contributed by atoms with Crippen molar-refractivity contribution in [3.63, 3.8) is 0 Å². The Bertz CT molecular complexity index is 235. The summed E-state index contributed by atoms with van der Waals surface area (Å²) in [5.41, 5.74) is 0.